The van der Waals surface area contributed by atoms with Crippen molar-refractivity contribution in [3.63, 3.8) is 0 Å². The Balaban J connectivity index is 1.95. The number of likely N-dealkylation sites (N-methyl/N-ethyl adjacent to an activating group) is 1. The lowest BCUT2D eigenvalue weighted by Crippen LogP contribution is -2.37. The van der Waals surface area contributed by atoms with Gasteiger partial charge in [0, 0.05) is 32.1 Å². The SMILES string of the molecule is C[C@H](Oc1cccc(F)c1)C(=O)N(C)Cc1cccnc1. The molecule has 1 aromatic carbocycles. The van der Waals surface area contributed by atoms with Gasteiger partial charge < -0.3 is 9.64 Å². The molecule has 0 bridgehead atoms. The lowest BCUT2D eigenvalue weighted by Gasteiger charge is -2.22. The van der Waals surface area contributed by atoms with Gasteiger partial charge in [-0.3, -0.25) is 9.78 Å². The zero-order valence-corrected chi connectivity index (χ0v) is 12.0. The van der Waals surface area contributed by atoms with Crippen molar-refractivity contribution in [1.29, 1.82) is 0 Å². The van der Waals surface area contributed by atoms with E-state index in [-0.39, 0.29) is 5.91 Å². The first-order valence-electron chi connectivity index (χ1n) is 6.62. The minimum absolute atomic E-state index is 0.178. The van der Waals surface area contributed by atoms with Crippen LogP contribution in [-0.4, -0.2) is 28.9 Å². The van der Waals surface area contributed by atoms with E-state index in [4.69, 9.17) is 4.74 Å². The lowest BCUT2D eigenvalue weighted by atomic mass is 10.2. The fraction of sp³-hybridized carbons (Fsp3) is 0.250. The number of carbonyl (C=O) groups excluding carboxylic acids is 1. The Morgan fingerprint density at radius 2 is 2.19 bits per heavy atom. The number of benzene rings is 1. The Labute approximate surface area is 123 Å². The summed E-state index contributed by atoms with van der Waals surface area (Å²) in [5, 5.41) is 0. The average Bonchev–Trinajstić information content (AvgIpc) is 2.47. The zero-order chi connectivity index (χ0) is 15.2. The molecule has 4 nitrogen and oxygen atoms in total. The second-order valence-corrected chi connectivity index (χ2v) is 4.77. The molecule has 1 heterocycles. The standard InChI is InChI=1S/C16H17FN2O2/c1-12(21-15-7-3-6-14(17)9-15)16(20)19(2)11-13-5-4-8-18-10-13/h3-10,12H,11H2,1-2H3/t12-/m0/s1. The van der Waals surface area contributed by atoms with E-state index in [1.54, 1.807) is 43.4 Å². The van der Waals surface area contributed by atoms with Crippen LogP contribution in [0.2, 0.25) is 0 Å². The van der Waals surface area contributed by atoms with Crippen molar-refractivity contribution in [2.45, 2.75) is 19.6 Å². The number of hydrogen-bond acceptors (Lipinski definition) is 3. The van der Waals surface area contributed by atoms with E-state index in [0.29, 0.717) is 12.3 Å². The molecule has 110 valence electrons. The molecule has 0 aliphatic heterocycles. The van der Waals surface area contributed by atoms with Crippen molar-refractivity contribution in [3.05, 3.63) is 60.2 Å². The summed E-state index contributed by atoms with van der Waals surface area (Å²) in [7, 11) is 1.70. The molecule has 0 aliphatic carbocycles. The molecular formula is C16H17FN2O2. The van der Waals surface area contributed by atoms with Crippen LogP contribution in [0.5, 0.6) is 5.75 Å². The van der Waals surface area contributed by atoms with Crippen LogP contribution in [0.25, 0.3) is 0 Å². The highest BCUT2D eigenvalue weighted by Gasteiger charge is 2.19. The van der Waals surface area contributed by atoms with E-state index < -0.39 is 11.9 Å². The molecule has 5 heteroatoms. The average molecular weight is 288 g/mol. The van der Waals surface area contributed by atoms with Gasteiger partial charge in [-0.1, -0.05) is 12.1 Å². The smallest absolute Gasteiger partial charge is 0.263 e. The number of rotatable bonds is 5. The molecule has 0 saturated heterocycles. The number of ether oxygens (including phenoxy) is 1. The van der Waals surface area contributed by atoms with Gasteiger partial charge in [0.15, 0.2) is 6.10 Å². The molecule has 0 saturated carbocycles. The van der Waals surface area contributed by atoms with Crippen LogP contribution in [0.15, 0.2) is 48.8 Å². The van der Waals surface area contributed by atoms with Crippen LogP contribution in [-0.2, 0) is 11.3 Å². The number of pyridine rings is 1. The first kappa shape index (κ1) is 15.0. The van der Waals surface area contributed by atoms with E-state index >= 15 is 0 Å². The number of amides is 1. The maximum Gasteiger partial charge on any atom is 0.263 e. The maximum absolute atomic E-state index is 13.1. The Bertz CT molecular complexity index is 604. The molecule has 0 spiro atoms. The molecule has 21 heavy (non-hydrogen) atoms. The molecule has 1 aromatic heterocycles. The summed E-state index contributed by atoms with van der Waals surface area (Å²) < 4.78 is 18.6. The van der Waals surface area contributed by atoms with Gasteiger partial charge in [0.2, 0.25) is 0 Å². The van der Waals surface area contributed by atoms with Crippen molar-refractivity contribution in [1.82, 2.24) is 9.88 Å². The highest BCUT2D eigenvalue weighted by atomic mass is 19.1. The lowest BCUT2D eigenvalue weighted by molar-refractivity contribution is -0.137. The van der Waals surface area contributed by atoms with Crippen molar-refractivity contribution in [2.24, 2.45) is 0 Å². The topological polar surface area (TPSA) is 42.4 Å². The molecule has 0 N–H and O–H groups in total. The van der Waals surface area contributed by atoms with E-state index in [2.05, 4.69) is 4.98 Å². The van der Waals surface area contributed by atoms with Gasteiger partial charge in [0.05, 0.1) is 0 Å². The Hall–Kier alpha value is -2.43. The van der Waals surface area contributed by atoms with Gasteiger partial charge in [-0.15, -0.1) is 0 Å². The Morgan fingerprint density at radius 3 is 2.86 bits per heavy atom. The van der Waals surface area contributed by atoms with E-state index in [9.17, 15) is 9.18 Å². The third-order valence-corrected chi connectivity index (χ3v) is 2.98. The fourth-order valence-electron chi connectivity index (χ4n) is 1.95. The van der Waals surface area contributed by atoms with E-state index in [0.717, 1.165) is 5.56 Å². The molecular weight excluding hydrogens is 271 g/mol. The molecule has 2 rings (SSSR count). The Kier molecular flexibility index (Phi) is 4.87. The summed E-state index contributed by atoms with van der Waals surface area (Å²) in [6.07, 6.45) is 2.71. The highest BCUT2D eigenvalue weighted by Crippen LogP contribution is 2.15. The van der Waals surface area contributed by atoms with Crippen LogP contribution < -0.4 is 4.74 Å². The first-order chi connectivity index (χ1) is 10.1. The number of hydrogen-bond donors (Lipinski definition) is 0. The van der Waals surface area contributed by atoms with Gasteiger partial charge in [0.1, 0.15) is 11.6 Å². The molecule has 0 fully saturated rings. The number of carbonyl (C=O) groups is 1. The van der Waals surface area contributed by atoms with Crippen LogP contribution in [0, 0.1) is 5.82 Å². The largest absolute Gasteiger partial charge is 0.481 e. The predicted molar refractivity (Wildman–Crippen MR) is 77.2 cm³/mol. The summed E-state index contributed by atoms with van der Waals surface area (Å²) >= 11 is 0. The normalized spacial score (nSPS) is 11.8. The summed E-state index contributed by atoms with van der Waals surface area (Å²) in [6, 6.07) is 9.46. The summed E-state index contributed by atoms with van der Waals surface area (Å²) in [4.78, 5) is 17.8. The number of nitrogens with zero attached hydrogens (tertiary/aromatic N) is 2. The van der Waals surface area contributed by atoms with E-state index in [1.807, 2.05) is 12.1 Å². The molecule has 0 radical (unpaired) electrons. The molecule has 1 atom stereocenters. The minimum Gasteiger partial charge on any atom is -0.481 e. The molecule has 1 amide bonds. The fourth-order valence-corrected chi connectivity index (χ4v) is 1.95. The predicted octanol–water partition coefficient (Wildman–Crippen LogP) is 2.65. The third kappa shape index (κ3) is 4.27. The van der Waals surface area contributed by atoms with Gasteiger partial charge in [-0.2, -0.15) is 0 Å². The highest BCUT2D eigenvalue weighted by molar-refractivity contribution is 5.80. The number of halogens is 1. The number of aromatic nitrogens is 1. The van der Waals surface area contributed by atoms with Crippen molar-refractivity contribution in [2.75, 3.05) is 7.05 Å². The van der Waals surface area contributed by atoms with Crippen LogP contribution >= 0.6 is 0 Å². The zero-order valence-electron chi connectivity index (χ0n) is 12.0. The third-order valence-electron chi connectivity index (χ3n) is 2.98. The van der Waals surface area contributed by atoms with Gasteiger partial charge in [-0.05, 0) is 30.7 Å². The van der Waals surface area contributed by atoms with E-state index in [1.165, 1.54) is 12.1 Å². The van der Waals surface area contributed by atoms with Crippen molar-refractivity contribution < 1.29 is 13.9 Å². The Morgan fingerprint density at radius 1 is 1.38 bits per heavy atom. The van der Waals surface area contributed by atoms with Gasteiger partial charge in [0.25, 0.3) is 5.91 Å². The van der Waals surface area contributed by atoms with Crippen LogP contribution in [0.4, 0.5) is 4.39 Å². The molecule has 0 aliphatic rings. The molecule has 2 aromatic rings. The first-order valence-corrected chi connectivity index (χ1v) is 6.62. The van der Waals surface area contributed by atoms with Crippen molar-refractivity contribution >= 4 is 5.91 Å². The van der Waals surface area contributed by atoms with Gasteiger partial charge >= 0.3 is 0 Å². The van der Waals surface area contributed by atoms with Crippen LogP contribution in [0.1, 0.15) is 12.5 Å². The monoisotopic (exact) mass is 288 g/mol. The summed E-state index contributed by atoms with van der Waals surface area (Å²) in [6.45, 7) is 2.09. The minimum atomic E-state index is -0.687. The molecule has 0 unspecified atom stereocenters. The van der Waals surface area contributed by atoms with Crippen LogP contribution in [0.3, 0.4) is 0 Å². The summed E-state index contributed by atoms with van der Waals surface area (Å²) in [5.74, 6) is -0.232. The maximum atomic E-state index is 13.1. The van der Waals surface area contributed by atoms with Gasteiger partial charge in [-0.25, -0.2) is 4.39 Å². The second kappa shape index (κ2) is 6.83. The quantitative estimate of drug-likeness (QED) is 0.849. The second-order valence-electron chi connectivity index (χ2n) is 4.77. The van der Waals surface area contributed by atoms with Crippen molar-refractivity contribution in [3.8, 4) is 5.75 Å². The summed E-state index contributed by atoms with van der Waals surface area (Å²) in [5.41, 5.74) is 0.936.